The van der Waals surface area contributed by atoms with E-state index in [2.05, 4.69) is 22.0 Å². The fourth-order valence-corrected chi connectivity index (χ4v) is 5.97. The Kier molecular flexibility index (Phi) is 7.30. The van der Waals surface area contributed by atoms with Gasteiger partial charge in [0.2, 0.25) is 5.91 Å². The van der Waals surface area contributed by atoms with Crippen LogP contribution >= 0.6 is 0 Å². The average Bonchev–Trinajstić information content (AvgIpc) is 3.48. The molecule has 0 radical (unpaired) electrons. The molecule has 1 aromatic heterocycles. The van der Waals surface area contributed by atoms with Gasteiger partial charge < -0.3 is 9.32 Å². The number of hydrogen-bond donors (Lipinski definition) is 1. The van der Waals surface area contributed by atoms with Crippen molar-refractivity contribution in [3.8, 4) is 0 Å². The number of likely N-dealkylation sites (tertiary alicyclic amines) is 1. The van der Waals surface area contributed by atoms with Gasteiger partial charge in [-0.05, 0) is 56.2 Å². The molecule has 5 heteroatoms. The monoisotopic (exact) mass is 401 g/mol. The number of amides is 1. The predicted molar refractivity (Wildman–Crippen MR) is 116 cm³/mol. The lowest BCUT2D eigenvalue weighted by molar-refractivity contribution is -0.137. The van der Waals surface area contributed by atoms with Gasteiger partial charge in [-0.1, -0.05) is 39.0 Å². The predicted octanol–water partition coefficient (Wildman–Crippen LogP) is 4.21. The van der Waals surface area contributed by atoms with E-state index in [9.17, 15) is 4.79 Å². The Morgan fingerprint density at radius 2 is 1.93 bits per heavy atom. The molecule has 1 amide bonds. The quantitative estimate of drug-likeness (QED) is 0.709. The summed E-state index contributed by atoms with van der Waals surface area (Å²) in [6, 6.07) is 4.20. The van der Waals surface area contributed by atoms with Crippen LogP contribution in [0, 0.1) is 11.8 Å². The van der Waals surface area contributed by atoms with Gasteiger partial charge in [0.25, 0.3) is 0 Å². The molecule has 4 rings (SSSR count). The first-order valence-electron chi connectivity index (χ1n) is 12.1. The molecule has 3 unspecified atom stereocenters. The molecular formula is C24H39N3O2. The molecule has 2 heterocycles. The van der Waals surface area contributed by atoms with E-state index in [1.807, 2.05) is 12.1 Å². The molecule has 1 aliphatic heterocycles. The molecule has 3 atom stereocenters. The molecule has 1 saturated heterocycles. The second-order valence-electron chi connectivity index (χ2n) is 9.35. The summed E-state index contributed by atoms with van der Waals surface area (Å²) in [5.41, 5.74) is 0. The molecule has 29 heavy (non-hydrogen) atoms. The maximum absolute atomic E-state index is 13.5. The van der Waals surface area contributed by atoms with Crippen molar-refractivity contribution in [1.82, 2.24) is 15.1 Å². The van der Waals surface area contributed by atoms with Crippen LogP contribution in [0.5, 0.6) is 0 Å². The minimum Gasteiger partial charge on any atom is -0.467 e. The number of carbonyl (C=O) groups is 1. The molecule has 5 nitrogen and oxygen atoms in total. The summed E-state index contributed by atoms with van der Waals surface area (Å²) in [4.78, 5) is 18.2. The normalized spacial score (nSPS) is 26.6. The van der Waals surface area contributed by atoms with Gasteiger partial charge in [0, 0.05) is 32.2 Å². The van der Waals surface area contributed by atoms with Crippen LogP contribution in [0.4, 0.5) is 0 Å². The summed E-state index contributed by atoms with van der Waals surface area (Å²) in [6.07, 6.45) is 13.6. The molecule has 3 fully saturated rings. The number of hydrogen-bond acceptors (Lipinski definition) is 4. The van der Waals surface area contributed by atoms with E-state index in [1.165, 1.54) is 57.8 Å². The summed E-state index contributed by atoms with van der Waals surface area (Å²) in [6.45, 7) is 6.99. The van der Waals surface area contributed by atoms with Crippen LogP contribution < -0.4 is 5.32 Å². The standard InChI is InChI=1S/C24H39N3O2/c1-2-26(21-10-5-6-11-21)16-14-25-23(22-12-7-17-29-22)24(28)27-15-13-19-8-3-4-9-20(19)18-27/h7,12,17,19-21,23,25H,2-6,8-11,13-16,18H2,1H3. The van der Waals surface area contributed by atoms with Gasteiger partial charge in [-0.2, -0.15) is 0 Å². The fraction of sp³-hybridized carbons (Fsp3) is 0.792. The average molecular weight is 402 g/mol. The Bertz CT molecular complexity index is 626. The van der Waals surface area contributed by atoms with Gasteiger partial charge in [-0.15, -0.1) is 0 Å². The van der Waals surface area contributed by atoms with Gasteiger partial charge in [0.05, 0.1) is 6.26 Å². The van der Waals surface area contributed by atoms with Crippen LogP contribution in [-0.2, 0) is 4.79 Å². The van der Waals surface area contributed by atoms with E-state index < -0.39 is 0 Å². The number of likely N-dealkylation sites (N-methyl/N-ethyl adjacent to an activating group) is 1. The number of nitrogens with one attached hydrogen (secondary N) is 1. The molecule has 1 aromatic rings. The Labute approximate surface area is 176 Å². The molecule has 0 bridgehead atoms. The van der Waals surface area contributed by atoms with Crippen molar-refractivity contribution in [1.29, 1.82) is 0 Å². The highest BCUT2D eigenvalue weighted by molar-refractivity contribution is 5.82. The molecule has 2 saturated carbocycles. The van der Waals surface area contributed by atoms with E-state index in [0.29, 0.717) is 5.92 Å². The van der Waals surface area contributed by atoms with Crippen LogP contribution in [0.2, 0.25) is 0 Å². The lowest BCUT2D eigenvalue weighted by atomic mass is 9.75. The first-order chi connectivity index (χ1) is 14.3. The summed E-state index contributed by atoms with van der Waals surface area (Å²) in [5, 5.41) is 3.55. The number of carbonyl (C=O) groups excluding carboxylic acids is 1. The van der Waals surface area contributed by atoms with Crippen LogP contribution in [0.25, 0.3) is 0 Å². The number of fused-ring (bicyclic) bond motifs is 1. The molecule has 0 spiro atoms. The van der Waals surface area contributed by atoms with Gasteiger partial charge >= 0.3 is 0 Å². The van der Waals surface area contributed by atoms with Crippen molar-refractivity contribution >= 4 is 5.91 Å². The van der Waals surface area contributed by atoms with Crippen molar-refractivity contribution in [2.75, 3.05) is 32.7 Å². The number of furan rings is 1. The van der Waals surface area contributed by atoms with Crippen molar-refractivity contribution in [3.63, 3.8) is 0 Å². The van der Waals surface area contributed by atoms with Crippen LogP contribution in [0.15, 0.2) is 22.8 Å². The Morgan fingerprint density at radius 3 is 2.66 bits per heavy atom. The Morgan fingerprint density at radius 1 is 1.17 bits per heavy atom. The van der Waals surface area contributed by atoms with Crippen molar-refractivity contribution in [2.24, 2.45) is 11.8 Å². The zero-order valence-electron chi connectivity index (χ0n) is 18.2. The first-order valence-corrected chi connectivity index (χ1v) is 12.1. The number of nitrogens with zero attached hydrogens (tertiary/aromatic N) is 2. The van der Waals surface area contributed by atoms with Gasteiger partial charge in [-0.25, -0.2) is 0 Å². The van der Waals surface area contributed by atoms with E-state index >= 15 is 0 Å². The maximum atomic E-state index is 13.5. The van der Waals surface area contributed by atoms with Gasteiger partial charge in [-0.3, -0.25) is 15.0 Å². The van der Waals surface area contributed by atoms with E-state index in [1.54, 1.807) is 6.26 Å². The minimum atomic E-state index is -0.354. The highest BCUT2D eigenvalue weighted by atomic mass is 16.3. The maximum Gasteiger partial charge on any atom is 0.247 e. The molecule has 162 valence electrons. The smallest absolute Gasteiger partial charge is 0.247 e. The van der Waals surface area contributed by atoms with Crippen LogP contribution in [-0.4, -0.2) is 54.5 Å². The van der Waals surface area contributed by atoms with Crippen molar-refractivity contribution in [3.05, 3.63) is 24.2 Å². The molecule has 0 aromatic carbocycles. The first kappa shape index (κ1) is 20.9. The largest absolute Gasteiger partial charge is 0.467 e. The summed E-state index contributed by atoms with van der Waals surface area (Å²) in [5.74, 6) is 2.50. The van der Waals surface area contributed by atoms with Crippen molar-refractivity contribution < 1.29 is 9.21 Å². The molecule has 3 aliphatic rings. The Balaban J connectivity index is 1.36. The third-order valence-corrected chi connectivity index (χ3v) is 7.67. The lowest BCUT2D eigenvalue weighted by Crippen LogP contribution is -2.49. The van der Waals surface area contributed by atoms with E-state index in [0.717, 1.165) is 50.4 Å². The highest BCUT2D eigenvalue weighted by Gasteiger charge is 2.36. The molecular weight excluding hydrogens is 362 g/mol. The second kappa shape index (κ2) is 10.1. The third kappa shape index (κ3) is 5.05. The SMILES string of the molecule is CCN(CCNC(C(=O)N1CCC2CCCCC2C1)c1ccco1)C1CCCC1. The number of rotatable bonds is 8. The highest BCUT2D eigenvalue weighted by Crippen LogP contribution is 2.36. The fourth-order valence-electron chi connectivity index (χ4n) is 5.97. The summed E-state index contributed by atoms with van der Waals surface area (Å²) in [7, 11) is 0. The third-order valence-electron chi connectivity index (χ3n) is 7.67. The second-order valence-corrected chi connectivity index (χ2v) is 9.35. The molecule has 2 aliphatic carbocycles. The van der Waals surface area contributed by atoms with Crippen LogP contribution in [0.3, 0.4) is 0 Å². The van der Waals surface area contributed by atoms with E-state index in [4.69, 9.17) is 4.42 Å². The number of piperidine rings is 1. The van der Waals surface area contributed by atoms with E-state index in [-0.39, 0.29) is 11.9 Å². The molecule has 1 N–H and O–H groups in total. The minimum absolute atomic E-state index is 0.202. The zero-order chi connectivity index (χ0) is 20.1. The van der Waals surface area contributed by atoms with Crippen LogP contribution in [0.1, 0.15) is 76.5 Å². The summed E-state index contributed by atoms with van der Waals surface area (Å²) >= 11 is 0. The zero-order valence-corrected chi connectivity index (χ0v) is 18.2. The van der Waals surface area contributed by atoms with Crippen molar-refractivity contribution in [2.45, 2.75) is 76.8 Å². The Hall–Kier alpha value is -1.33. The lowest BCUT2D eigenvalue weighted by Gasteiger charge is -2.42. The van der Waals surface area contributed by atoms with Gasteiger partial charge in [0.15, 0.2) is 0 Å². The summed E-state index contributed by atoms with van der Waals surface area (Å²) < 4.78 is 5.67. The topological polar surface area (TPSA) is 48.7 Å². The van der Waals surface area contributed by atoms with Gasteiger partial charge in [0.1, 0.15) is 11.8 Å².